The van der Waals surface area contributed by atoms with E-state index in [0.29, 0.717) is 34.0 Å². The van der Waals surface area contributed by atoms with Crippen LogP contribution in [-0.2, 0) is 9.53 Å². The molecule has 2 aromatic rings. The van der Waals surface area contributed by atoms with Crippen LogP contribution in [0.25, 0.3) is 0 Å². The van der Waals surface area contributed by atoms with Crippen molar-refractivity contribution in [3.05, 3.63) is 45.9 Å². The van der Waals surface area contributed by atoms with E-state index in [1.807, 2.05) is 6.92 Å². The molecule has 9 heteroatoms. The van der Waals surface area contributed by atoms with Crippen LogP contribution in [0.3, 0.4) is 0 Å². The summed E-state index contributed by atoms with van der Waals surface area (Å²) in [7, 11) is 1.49. The van der Waals surface area contributed by atoms with E-state index in [0.717, 1.165) is 0 Å². The number of methoxy groups -OCH3 is 1. The number of ether oxygens (including phenoxy) is 4. The van der Waals surface area contributed by atoms with Gasteiger partial charge in [0.25, 0.3) is 5.91 Å². The molecule has 0 unspecified atom stereocenters. The zero-order chi connectivity index (χ0) is 21.0. The minimum atomic E-state index is -0.683. The van der Waals surface area contributed by atoms with Gasteiger partial charge >= 0.3 is 5.97 Å². The van der Waals surface area contributed by atoms with Crippen LogP contribution in [0.5, 0.6) is 17.2 Å². The Morgan fingerprint density at radius 3 is 2.72 bits per heavy atom. The molecule has 1 heterocycles. The van der Waals surface area contributed by atoms with Crippen LogP contribution in [0.15, 0.2) is 34.8 Å². The molecular weight excluding hydrogens is 446 g/mol. The van der Waals surface area contributed by atoms with Crippen molar-refractivity contribution in [2.45, 2.75) is 6.92 Å². The molecule has 1 N–H and O–H groups in total. The van der Waals surface area contributed by atoms with Crippen LogP contribution in [-0.4, -0.2) is 44.6 Å². The van der Waals surface area contributed by atoms with Crippen molar-refractivity contribution >= 4 is 39.3 Å². The Morgan fingerprint density at radius 1 is 1.21 bits per heavy atom. The fraction of sp³-hybridized carbons (Fsp3) is 0.250. The van der Waals surface area contributed by atoms with Crippen molar-refractivity contribution in [1.82, 2.24) is 0 Å². The highest BCUT2D eigenvalue weighted by atomic mass is 79.9. The van der Waals surface area contributed by atoms with Gasteiger partial charge in [0.05, 0.1) is 29.4 Å². The third-order valence-electron chi connectivity index (χ3n) is 4.02. The summed E-state index contributed by atoms with van der Waals surface area (Å²) in [6, 6.07) is 7.63. The highest BCUT2D eigenvalue weighted by Gasteiger charge is 2.20. The number of anilines is 1. The highest BCUT2D eigenvalue weighted by molar-refractivity contribution is 9.10. The summed E-state index contributed by atoms with van der Waals surface area (Å²) in [5.74, 6) is -0.0879. The second-order valence-electron chi connectivity index (χ2n) is 5.97. The van der Waals surface area contributed by atoms with E-state index in [-0.39, 0.29) is 23.6 Å². The maximum Gasteiger partial charge on any atom is 0.338 e. The van der Waals surface area contributed by atoms with Crippen LogP contribution in [0.1, 0.15) is 27.6 Å². The minimum Gasteiger partial charge on any atom is -0.492 e. The molecule has 3 rings (SSSR count). The zero-order valence-corrected chi connectivity index (χ0v) is 17.3. The van der Waals surface area contributed by atoms with Gasteiger partial charge in [0.1, 0.15) is 5.75 Å². The molecule has 1 aliphatic heterocycles. The van der Waals surface area contributed by atoms with E-state index < -0.39 is 18.4 Å². The number of Topliss-reactive ketones (excluding diaryl/α,β-unsaturated/α-hetero) is 1. The molecule has 0 fully saturated rings. The summed E-state index contributed by atoms with van der Waals surface area (Å²) < 4.78 is 21.7. The van der Waals surface area contributed by atoms with Gasteiger partial charge in [0, 0.05) is 5.56 Å². The first-order valence-corrected chi connectivity index (χ1v) is 9.49. The van der Waals surface area contributed by atoms with Crippen molar-refractivity contribution in [3.63, 3.8) is 0 Å². The van der Waals surface area contributed by atoms with E-state index in [1.165, 1.54) is 25.3 Å². The second-order valence-corrected chi connectivity index (χ2v) is 6.82. The minimum absolute atomic E-state index is 0.0704. The lowest BCUT2D eigenvalue weighted by Crippen LogP contribution is -2.25. The third-order valence-corrected chi connectivity index (χ3v) is 4.61. The van der Waals surface area contributed by atoms with Crippen LogP contribution in [0, 0.1) is 0 Å². The molecule has 29 heavy (non-hydrogen) atoms. The first-order chi connectivity index (χ1) is 13.9. The van der Waals surface area contributed by atoms with Gasteiger partial charge in [-0.25, -0.2) is 4.79 Å². The molecule has 0 saturated heterocycles. The van der Waals surface area contributed by atoms with Crippen molar-refractivity contribution in [1.29, 1.82) is 0 Å². The fourth-order valence-electron chi connectivity index (χ4n) is 2.70. The van der Waals surface area contributed by atoms with E-state index in [4.69, 9.17) is 18.9 Å². The van der Waals surface area contributed by atoms with Gasteiger partial charge in [-0.05, 0) is 53.2 Å². The number of amides is 1. The molecule has 0 aromatic heterocycles. The molecule has 0 aliphatic carbocycles. The van der Waals surface area contributed by atoms with Crippen molar-refractivity contribution in [2.24, 2.45) is 0 Å². The first kappa shape index (κ1) is 20.7. The van der Waals surface area contributed by atoms with Crippen LogP contribution >= 0.6 is 15.9 Å². The zero-order valence-electron chi connectivity index (χ0n) is 15.7. The summed E-state index contributed by atoms with van der Waals surface area (Å²) in [6.07, 6.45) is 0. The third kappa shape index (κ3) is 4.68. The van der Waals surface area contributed by atoms with Crippen LogP contribution < -0.4 is 19.5 Å². The number of hydrogen-bond donors (Lipinski definition) is 1. The van der Waals surface area contributed by atoms with E-state index in [1.54, 1.807) is 12.1 Å². The first-order valence-electron chi connectivity index (χ1n) is 8.70. The number of fused-ring (bicyclic) bond motifs is 1. The fourth-order valence-corrected chi connectivity index (χ4v) is 3.31. The average molecular weight is 464 g/mol. The number of halogens is 1. The summed E-state index contributed by atoms with van der Waals surface area (Å²) >= 11 is 3.33. The molecule has 0 saturated carbocycles. The smallest absolute Gasteiger partial charge is 0.338 e. The Hall–Kier alpha value is -3.07. The maximum absolute atomic E-state index is 12.4. The number of carbonyl (C=O) groups is 3. The maximum atomic E-state index is 12.4. The summed E-state index contributed by atoms with van der Waals surface area (Å²) in [6.45, 7) is 1.67. The number of rotatable bonds is 7. The molecule has 1 aliphatic rings. The van der Waals surface area contributed by atoms with Gasteiger partial charge in [-0.15, -0.1) is 0 Å². The van der Waals surface area contributed by atoms with Crippen molar-refractivity contribution < 1.29 is 33.3 Å². The normalized spacial score (nSPS) is 12.3. The van der Waals surface area contributed by atoms with Crippen molar-refractivity contribution in [2.75, 3.05) is 32.2 Å². The number of esters is 1. The predicted octanol–water partition coefficient (Wildman–Crippen LogP) is 3.23. The summed E-state index contributed by atoms with van der Waals surface area (Å²) in [5.41, 5.74) is 0.896. The van der Waals surface area contributed by atoms with E-state index in [9.17, 15) is 14.4 Å². The summed E-state index contributed by atoms with van der Waals surface area (Å²) in [4.78, 5) is 36.2. The number of carbonyl (C=O) groups excluding carboxylic acids is 3. The van der Waals surface area contributed by atoms with Gasteiger partial charge in [0.15, 0.2) is 30.5 Å². The molecule has 1 amide bonds. The molecule has 0 atom stereocenters. The summed E-state index contributed by atoms with van der Waals surface area (Å²) in [5, 5.41) is 2.63. The molecule has 0 radical (unpaired) electrons. The average Bonchev–Trinajstić information content (AvgIpc) is 2.71. The Balaban J connectivity index is 1.70. The Morgan fingerprint density at radius 2 is 2.00 bits per heavy atom. The van der Waals surface area contributed by atoms with Crippen LogP contribution in [0.2, 0.25) is 0 Å². The number of hydrogen-bond acceptors (Lipinski definition) is 7. The van der Waals surface area contributed by atoms with Gasteiger partial charge in [-0.2, -0.15) is 0 Å². The van der Waals surface area contributed by atoms with E-state index in [2.05, 4.69) is 21.2 Å². The Labute approximate surface area is 175 Å². The van der Waals surface area contributed by atoms with Crippen molar-refractivity contribution in [3.8, 4) is 17.2 Å². The van der Waals surface area contributed by atoms with Gasteiger partial charge in [0.2, 0.25) is 0 Å². The molecule has 152 valence electrons. The van der Waals surface area contributed by atoms with Gasteiger partial charge < -0.3 is 24.3 Å². The molecule has 2 aromatic carbocycles. The Bertz CT molecular complexity index is 974. The van der Waals surface area contributed by atoms with E-state index >= 15 is 0 Å². The molecular formula is C20H18BrNO7. The molecule has 0 spiro atoms. The lowest BCUT2D eigenvalue weighted by molar-refractivity contribution is -0.118. The highest BCUT2D eigenvalue weighted by Crippen LogP contribution is 2.36. The molecule has 8 nitrogen and oxygen atoms in total. The quantitative estimate of drug-likeness (QED) is 0.496. The van der Waals surface area contributed by atoms with Gasteiger partial charge in [-0.3, -0.25) is 9.59 Å². The standard InChI is InChI=1S/C20H18BrNO7/c1-3-27-17-8-12(6-13(21)19(17)26-2)20(25)29-9-15(23)11-4-5-16-14(7-11)22-18(24)10-28-16/h4-8H,3,9-10H2,1-2H3,(H,22,24). The van der Waals surface area contributed by atoms with Crippen LogP contribution in [0.4, 0.5) is 5.69 Å². The predicted molar refractivity (Wildman–Crippen MR) is 107 cm³/mol. The van der Waals surface area contributed by atoms with Gasteiger partial charge in [-0.1, -0.05) is 0 Å². The molecule has 0 bridgehead atoms. The lowest BCUT2D eigenvalue weighted by Gasteiger charge is -2.18. The number of nitrogens with one attached hydrogen (secondary N) is 1. The number of ketones is 1. The second kappa shape index (κ2) is 8.95. The number of benzene rings is 2. The Kier molecular flexibility index (Phi) is 6.38. The largest absolute Gasteiger partial charge is 0.492 e. The monoisotopic (exact) mass is 463 g/mol. The topological polar surface area (TPSA) is 100 Å². The SMILES string of the molecule is CCOc1cc(C(=O)OCC(=O)c2ccc3c(c2)NC(=O)CO3)cc(Br)c1OC. The lowest BCUT2D eigenvalue weighted by atomic mass is 10.1.